The van der Waals surface area contributed by atoms with Crippen LogP contribution in [0.25, 0.3) is 134 Å². The van der Waals surface area contributed by atoms with Crippen LogP contribution in [0.2, 0.25) is 0 Å². The summed E-state index contributed by atoms with van der Waals surface area (Å²) in [4.78, 5) is 11.0. The molecule has 0 spiro atoms. The van der Waals surface area contributed by atoms with Gasteiger partial charge in [0.15, 0.2) is 0 Å². The smallest absolute Gasteiger partial charge is 0.235 e. The molecule has 0 atom stereocenters. The highest BCUT2D eigenvalue weighted by molar-refractivity contribution is 7.27. The second-order valence-corrected chi connectivity index (χ2v) is 17.7. The Labute approximate surface area is 349 Å². The first-order valence-electron chi connectivity index (χ1n) is 20.2. The van der Waals surface area contributed by atoms with Gasteiger partial charge < -0.3 is 4.42 Å². The predicted octanol–water partition coefficient (Wildman–Crippen LogP) is 15.8. The molecule has 60 heavy (non-hydrogen) atoms. The average molecular weight is 800 g/mol. The van der Waals surface area contributed by atoms with Gasteiger partial charge in [-0.15, -0.1) is 22.7 Å². The van der Waals surface area contributed by atoms with Gasteiger partial charge in [0.05, 0.1) is 22.2 Å². The molecule has 0 fully saturated rings. The molecule has 278 valence electrons. The van der Waals surface area contributed by atoms with Gasteiger partial charge in [-0.05, 0) is 42.0 Å². The fourth-order valence-electron chi connectivity index (χ4n) is 9.84. The van der Waals surface area contributed by atoms with Crippen LogP contribution in [0.3, 0.4) is 0 Å². The third-order valence-electron chi connectivity index (χ3n) is 12.4. The summed E-state index contributed by atoms with van der Waals surface area (Å²) in [5.41, 5.74) is 9.01. The number of benzene rings is 9. The van der Waals surface area contributed by atoms with E-state index in [1.165, 1.54) is 61.9 Å². The molecular formula is C54H29N3OS2. The van der Waals surface area contributed by atoms with E-state index in [-0.39, 0.29) is 0 Å². The van der Waals surface area contributed by atoms with Crippen molar-refractivity contribution < 1.29 is 4.42 Å². The fraction of sp³-hybridized carbons (Fsp3) is 0. The summed E-state index contributed by atoms with van der Waals surface area (Å²) in [6.07, 6.45) is 0. The van der Waals surface area contributed by atoms with Crippen LogP contribution < -0.4 is 0 Å². The zero-order valence-corrected chi connectivity index (χ0v) is 33.4. The van der Waals surface area contributed by atoms with E-state index in [0.29, 0.717) is 5.95 Å². The molecule has 4 nitrogen and oxygen atoms in total. The van der Waals surface area contributed by atoms with E-state index in [1.807, 2.05) is 34.8 Å². The lowest BCUT2D eigenvalue weighted by Crippen LogP contribution is -2.03. The van der Waals surface area contributed by atoms with Crippen molar-refractivity contribution in [3.05, 3.63) is 176 Å². The Hall–Kier alpha value is -7.38. The van der Waals surface area contributed by atoms with Crippen LogP contribution in [-0.2, 0) is 0 Å². The van der Waals surface area contributed by atoms with Gasteiger partial charge in [0, 0.05) is 89.2 Å². The number of thiophene rings is 2. The summed E-state index contributed by atoms with van der Waals surface area (Å²) in [5.74, 6) is 0.656. The van der Waals surface area contributed by atoms with E-state index < -0.39 is 0 Å². The molecule has 0 N–H and O–H groups in total. The zero-order chi connectivity index (χ0) is 39.1. The Kier molecular flexibility index (Phi) is 6.56. The first-order chi connectivity index (χ1) is 29.8. The molecule has 14 aromatic rings. The summed E-state index contributed by atoms with van der Waals surface area (Å²) in [6, 6.07) is 63.0. The molecule has 0 amide bonds. The molecule has 0 unspecified atom stereocenters. The molecule has 0 saturated carbocycles. The Morgan fingerprint density at radius 2 is 1.08 bits per heavy atom. The summed E-state index contributed by atoms with van der Waals surface area (Å²) in [5, 5.41) is 13.5. The third kappa shape index (κ3) is 4.38. The van der Waals surface area contributed by atoms with E-state index in [4.69, 9.17) is 14.4 Å². The number of hydrogen-bond donors (Lipinski definition) is 0. The van der Waals surface area contributed by atoms with Crippen molar-refractivity contribution in [3.8, 4) is 28.3 Å². The van der Waals surface area contributed by atoms with Crippen molar-refractivity contribution in [3.63, 3.8) is 0 Å². The first kappa shape index (κ1) is 32.6. The maximum absolute atomic E-state index is 6.43. The summed E-state index contributed by atoms with van der Waals surface area (Å²) >= 11 is 3.76. The summed E-state index contributed by atoms with van der Waals surface area (Å²) < 4.78 is 14.0. The number of nitrogens with zero attached hydrogens (tertiary/aromatic N) is 3. The lowest BCUT2D eigenvalue weighted by atomic mass is 9.96. The predicted molar refractivity (Wildman–Crippen MR) is 255 cm³/mol. The standard InChI is InChI=1S/C54H29N3OS2/c1-6-19-40-35(13-1)50(31-26-24-30(25-27-31)32-17-11-18-34-33-12-3-8-21-42(33)58-52(32)34)56-54(55-40)57-41-20-7-2-14-36(41)49-51(57)39-28-29-45-46(37-15-4-9-22-43(37)59-45)47(39)48-38-16-5-10-23-44(38)60-53(48)49/h1-29H. The van der Waals surface area contributed by atoms with Gasteiger partial charge in [0.1, 0.15) is 11.2 Å². The van der Waals surface area contributed by atoms with Gasteiger partial charge in [0.25, 0.3) is 0 Å². The second kappa shape index (κ2) is 12.1. The molecule has 0 aliphatic heterocycles. The summed E-state index contributed by atoms with van der Waals surface area (Å²) in [7, 11) is 0. The van der Waals surface area contributed by atoms with E-state index in [0.717, 1.165) is 66.3 Å². The Morgan fingerprint density at radius 1 is 0.417 bits per heavy atom. The summed E-state index contributed by atoms with van der Waals surface area (Å²) in [6.45, 7) is 0. The van der Waals surface area contributed by atoms with Crippen molar-refractivity contribution in [2.24, 2.45) is 0 Å². The van der Waals surface area contributed by atoms with Gasteiger partial charge in [0.2, 0.25) is 5.95 Å². The van der Waals surface area contributed by atoms with Gasteiger partial charge in [-0.2, -0.15) is 0 Å². The number of furan rings is 1. The van der Waals surface area contributed by atoms with Crippen LogP contribution in [0.1, 0.15) is 0 Å². The van der Waals surface area contributed by atoms with Crippen molar-refractivity contribution in [2.45, 2.75) is 0 Å². The highest BCUT2D eigenvalue weighted by Gasteiger charge is 2.25. The molecule has 0 radical (unpaired) electrons. The lowest BCUT2D eigenvalue weighted by Gasteiger charge is -2.14. The van der Waals surface area contributed by atoms with Gasteiger partial charge >= 0.3 is 0 Å². The number of para-hydroxylation sites is 4. The average Bonchev–Trinajstić information content (AvgIpc) is 4.08. The highest BCUT2D eigenvalue weighted by Crippen LogP contribution is 2.51. The van der Waals surface area contributed by atoms with Crippen molar-refractivity contribution in [1.82, 2.24) is 14.5 Å². The maximum Gasteiger partial charge on any atom is 0.235 e. The SMILES string of the molecule is c1ccc2c(-c3ccc(-c4cccc5c4oc4ccccc45)cc3)nc(-n3c4ccccc4c4c5sc6ccccc6c5c5c(ccc6sc7ccccc7c65)c43)nc2c1. The Balaban J connectivity index is 1.07. The van der Waals surface area contributed by atoms with E-state index in [2.05, 4.69) is 168 Å². The molecule has 9 aromatic carbocycles. The molecular weight excluding hydrogens is 771 g/mol. The third-order valence-corrected chi connectivity index (χ3v) is 14.7. The minimum absolute atomic E-state index is 0.656. The van der Waals surface area contributed by atoms with E-state index in [9.17, 15) is 0 Å². The molecule has 0 aliphatic carbocycles. The van der Waals surface area contributed by atoms with Gasteiger partial charge in [-0.25, -0.2) is 9.97 Å². The van der Waals surface area contributed by atoms with Crippen molar-refractivity contribution >= 4 is 128 Å². The molecule has 0 aliphatic rings. The Morgan fingerprint density at radius 3 is 1.93 bits per heavy atom. The van der Waals surface area contributed by atoms with Crippen LogP contribution in [-0.4, -0.2) is 14.5 Å². The topological polar surface area (TPSA) is 43.9 Å². The molecule has 0 saturated heterocycles. The van der Waals surface area contributed by atoms with E-state index >= 15 is 0 Å². The lowest BCUT2D eigenvalue weighted by molar-refractivity contribution is 0.670. The maximum atomic E-state index is 6.43. The number of hydrogen-bond acceptors (Lipinski definition) is 5. The van der Waals surface area contributed by atoms with Gasteiger partial charge in [-0.1, -0.05) is 140 Å². The Bertz CT molecular complexity index is 4130. The minimum Gasteiger partial charge on any atom is -0.455 e. The quantitative estimate of drug-likeness (QED) is 0.179. The minimum atomic E-state index is 0.656. The van der Waals surface area contributed by atoms with Crippen LogP contribution in [0, 0.1) is 0 Å². The number of rotatable bonds is 3. The van der Waals surface area contributed by atoms with Crippen LogP contribution in [0.4, 0.5) is 0 Å². The largest absolute Gasteiger partial charge is 0.455 e. The first-order valence-corrected chi connectivity index (χ1v) is 21.8. The normalized spacial score (nSPS) is 12.3. The molecule has 5 heterocycles. The van der Waals surface area contributed by atoms with E-state index in [1.54, 1.807) is 0 Å². The van der Waals surface area contributed by atoms with Crippen molar-refractivity contribution in [2.75, 3.05) is 0 Å². The van der Waals surface area contributed by atoms with Gasteiger partial charge in [-0.3, -0.25) is 4.57 Å². The van der Waals surface area contributed by atoms with Crippen LogP contribution in [0.5, 0.6) is 0 Å². The second-order valence-electron chi connectivity index (χ2n) is 15.6. The van der Waals surface area contributed by atoms with Crippen molar-refractivity contribution in [1.29, 1.82) is 0 Å². The molecule has 14 rings (SSSR count). The van der Waals surface area contributed by atoms with Crippen LogP contribution >= 0.6 is 22.7 Å². The number of fused-ring (bicyclic) bond motifs is 18. The van der Waals surface area contributed by atoms with Crippen LogP contribution in [0.15, 0.2) is 180 Å². The molecule has 5 aromatic heterocycles. The zero-order valence-electron chi connectivity index (χ0n) is 31.8. The monoisotopic (exact) mass is 799 g/mol. The fourth-order valence-corrected chi connectivity index (χ4v) is 12.2. The molecule has 6 heteroatoms. The molecule has 0 bridgehead atoms. The number of aromatic nitrogens is 3. The highest BCUT2D eigenvalue weighted by atomic mass is 32.1.